The van der Waals surface area contributed by atoms with Crippen molar-refractivity contribution < 1.29 is 4.74 Å². The van der Waals surface area contributed by atoms with Crippen molar-refractivity contribution in [3.05, 3.63) is 28.8 Å². The molecule has 1 spiro atoms. The number of hydrogen-bond acceptors (Lipinski definition) is 1. The predicted molar refractivity (Wildman–Crippen MR) is 78.8 cm³/mol. The number of alkyl halides is 1. The zero-order valence-electron chi connectivity index (χ0n) is 10.6. The van der Waals surface area contributed by atoms with E-state index < -0.39 is 0 Å². The van der Waals surface area contributed by atoms with Gasteiger partial charge in [-0.3, -0.25) is 0 Å². The maximum absolute atomic E-state index is 6.25. The second-order valence-corrected chi connectivity index (χ2v) is 7.20. The van der Waals surface area contributed by atoms with Crippen molar-refractivity contribution in [1.82, 2.24) is 0 Å². The van der Waals surface area contributed by atoms with Gasteiger partial charge < -0.3 is 4.74 Å². The molecule has 0 saturated heterocycles. The molecular formula is C15H18BrClO. The van der Waals surface area contributed by atoms with Crippen molar-refractivity contribution in [2.24, 2.45) is 5.41 Å². The first-order valence-corrected chi connectivity index (χ1v) is 7.98. The zero-order valence-corrected chi connectivity index (χ0v) is 12.9. The minimum Gasteiger partial charge on any atom is -0.488 e. The first-order valence-electron chi connectivity index (χ1n) is 6.69. The summed E-state index contributed by atoms with van der Waals surface area (Å²) in [5, 5.41) is 0.737. The Bertz CT molecular complexity index is 454. The molecule has 2 atom stereocenters. The predicted octanol–water partition coefficient (Wildman–Crippen LogP) is 5.12. The lowest BCUT2D eigenvalue weighted by Crippen LogP contribution is -2.55. The zero-order chi connectivity index (χ0) is 12.8. The van der Waals surface area contributed by atoms with E-state index in [9.17, 15) is 0 Å². The van der Waals surface area contributed by atoms with Crippen LogP contribution in [0.2, 0.25) is 5.02 Å². The van der Waals surface area contributed by atoms with Gasteiger partial charge in [0.2, 0.25) is 0 Å². The Morgan fingerprint density at radius 3 is 2.67 bits per heavy atom. The van der Waals surface area contributed by atoms with E-state index >= 15 is 0 Å². The van der Waals surface area contributed by atoms with Crippen LogP contribution < -0.4 is 4.74 Å². The molecule has 1 aromatic carbocycles. The van der Waals surface area contributed by atoms with Gasteiger partial charge in [0.1, 0.15) is 11.9 Å². The highest BCUT2D eigenvalue weighted by molar-refractivity contribution is 9.09. The van der Waals surface area contributed by atoms with Crippen LogP contribution in [-0.4, -0.2) is 10.9 Å². The van der Waals surface area contributed by atoms with E-state index in [4.69, 9.17) is 16.3 Å². The molecule has 0 amide bonds. The van der Waals surface area contributed by atoms with Gasteiger partial charge in [0.15, 0.2) is 0 Å². The molecule has 0 aromatic heterocycles. The van der Waals surface area contributed by atoms with Gasteiger partial charge in [-0.25, -0.2) is 0 Å². The Morgan fingerprint density at radius 2 is 2.06 bits per heavy atom. The van der Waals surface area contributed by atoms with Gasteiger partial charge in [0.05, 0.1) is 5.02 Å². The summed E-state index contributed by atoms with van der Waals surface area (Å²) in [4.78, 5) is 0.627. The smallest absolute Gasteiger partial charge is 0.138 e. The van der Waals surface area contributed by atoms with Gasteiger partial charge in [0.25, 0.3) is 0 Å². The molecule has 2 saturated carbocycles. The van der Waals surface area contributed by atoms with E-state index in [1.54, 1.807) is 0 Å². The van der Waals surface area contributed by atoms with Crippen molar-refractivity contribution >= 4 is 27.5 Å². The van der Waals surface area contributed by atoms with Gasteiger partial charge in [0, 0.05) is 10.2 Å². The molecule has 0 N–H and O–H groups in total. The van der Waals surface area contributed by atoms with Crippen molar-refractivity contribution in [3.63, 3.8) is 0 Å². The molecule has 3 rings (SSSR count). The third kappa shape index (κ3) is 1.98. The summed E-state index contributed by atoms with van der Waals surface area (Å²) in [6.07, 6.45) is 6.69. The Morgan fingerprint density at radius 1 is 1.33 bits per heavy atom. The summed E-state index contributed by atoms with van der Waals surface area (Å²) in [6.45, 7) is 2.05. The fourth-order valence-electron chi connectivity index (χ4n) is 3.39. The maximum atomic E-state index is 6.25. The minimum absolute atomic E-state index is 0.338. The molecule has 2 fully saturated rings. The Balaban J connectivity index is 1.77. The van der Waals surface area contributed by atoms with E-state index in [0.717, 1.165) is 17.2 Å². The third-order valence-electron chi connectivity index (χ3n) is 4.58. The van der Waals surface area contributed by atoms with E-state index in [1.807, 2.05) is 19.1 Å². The Labute approximate surface area is 122 Å². The van der Waals surface area contributed by atoms with Gasteiger partial charge in [-0.2, -0.15) is 0 Å². The fourth-order valence-corrected chi connectivity index (χ4v) is 4.76. The van der Waals surface area contributed by atoms with Gasteiger partial charge in [-0.1, -0.05) is 46.4 Å². The lowest BCUT2D eigenvalue weighted by atomic mass is 9.64. The van der Waals surface area contributed by atoms with Crippen LogP contribution >= 0.6 is 27.5 Å². The number of aryl methyl sites for hydroxylation is 1. The molecule has 2 aliphatic rings. The first kappa shape index (κ1) is 12.8. The van der Waals surface area contributed by atoms with Crippen LogP contribution in [0.3, 0.4) is 0 Å². The Hall–Kier alpha value is -0.210. The quantitative estimate of drug-likeness (QED) is 0.684. The molecular weight excluding hydrogens is 312 g/mol. The molecule has 98 valence electrons. The van der Waals surface area contributed by atoms with Gasteiger partial charge >= 0.3 is 0 Å². The van der Waals surface area contributed by atoms with Gasteiger partial charge in [-0.05, 0) is 43.9 Å². The summed E-state index contributed by atoms with van der Waals surface area (Å²) in [7, 11) is 0. The largest absolute Gasteiger partial charge is 0.488 e. The van der Waals surface area contributed by atoms with Crippen LogP contribution in [0.1, 0.15) is 37.7 Å². The fraction of sp³-hybridized carbons (Fsp3) is 0.600. The molecule has 3 heteroatoms. The maximum Gasteiger partial charge on any atom is 0.138 e. The summed E-state index contributed by atoms with van der Waals surface area (Å²) in [5.41, 5.74) is 1.55. The monoisotopic (exact) mass is 328 g/mol. The minimum atomic E-state index is 0.338. The highest BCUT2D eigenvalue weighted by atomic mass is 79.9. The number of hydrogen-bond donors (Lipinski definition) is 0. The molecule has 1 aromatic rings. The number of benzene rings is 1. The van der Waals surface area contributed by atoms with E-state index in [1.165, 1.54) is 31.2 Å². The lowest BCUT2D eigenvalue weighted by Gasteiger charge is -2.51. The average molecular weight is 330 g/mol. The molecule has 0 aliphatic heterocycles. The van der Waals surface area contributed by atoms with Crippen molar-refractivity contribution in [2.45, 2.75) is 50.0 Å². The van der Waals surface area contributed by atoms with Crippen molar-refractivity contribution in [2.75, 3.05) is 0 Å². The highest BCUT2D eigenvalue weighted by Gasteiger charge is 2.56. The summed E-state index contributed by atoms with van der Waals surface area (Å²) >= 11 is 10.1. The van der Waals surface area contributed by atoms with Crippen molar-refractivity contribution in [1.29, 1.82) is 0 Å². The Kier molecular flexibility index (Phi) is 3.36. The van der Waals surface area contributed by atoms with E-state index in [-0.39, 0.29) is 0 Å². The SMILES string of the molecule is Cc1ccc(OC2CC(Br)C23CCCC3)c(Cl)c1. The van der Waals surface area contributed by atoms with Crippen LogP contribution in [0, 0.1) is 12.3 Å². The molecule has 18 heavy (non-hydrogen) atoms. The van der Waals surface area contributed by atoms with Crippen LogP contribution in [0.15, 0.2) is 18.2 Å². The van der Waals surface area contributed by atoms with Crippen LogP contribution in [0.25, 0.3) is 0 Å². The average Bonchev–Trinajstić information content (AvgIpc) is 2.83. The first-order chi connectivity index (χ1) is 8.62. The standard InChI is InChI=1S/C15H18BrClO/c1-10-4-5-12(11(17)8-10)18-14-9-13(16)15(14)6-2-3-7-15/h4-5,8,13-14H,2-3,6-7,9H2,1H3. The normalized spacial score (nSPS) is 29.3. The molecule has 0 heterocycles. The highest BCUT2D eigenvalue weighted by Crippen LogP contribution is 2.57. The van der Waals surface area contributed by atoms with Crippen LogP contribution in [-0.2, 0) is 0 Å². The molecule has 1 nitrogen and oxygen atoms in total. The number of rotatable bonds is 2. The lowest BCUT2D eigenvalue weighted by molar-refractivity contribution is -0.0303. The topological polar surface area (TPSA) is 9.23 Å². The van der Waals surface area contributed by atoms with Crippen molar-refractivity contribution in [3.8, 4) is 5.75 Å². The van der Waals surface area contributed by atoms with E-state index in [2.05, 4.69) is 22.0 Å². The van der Waals surface area contributed by atoms with Crippen LogP contribution in [0.4, 0.5) is 0 Å². The van der Waals surface area contributed by atoms with Gasteiger partial charge in [-0.15, -0.1) is 0 Å². The third-order valence-corrected chi connectivity index (χ3v) is 6.16. The second kappa shape index (κ2) is 4.72. The summed E-state index contributed by atoms with van der Waals surface area (Å²) < 4.78 is 6.18. The second-order valence-electron chi connectivity index (χ2n) is 5.68. The molecule has 0 radical (unpaired) electrons. The molecule has 0 bridgehead atoms. The summed E-state index contributed by atoms with van der Waals surface area (Å²) in [6, 6.07) is 6.04. The summed E-state index contributed by atoms with van der Waals surface area (Å²) in [5.74, 6) is 0.845. The van der Waals surface area contributed by atoms with Crippen LogP contribution in [0.5, 0.6) is 5.75 Å². The van der Waals surface area contributed by atoms with E-state index in [0.29, 0.717) is 16.3 Å². The number of ether oxygens (including phenoxy) is 1. The molecule has 2 unspecified atom stereocenters. The number of halogens is 2. The molecule has 2 aliphatic carbocycles.